The Labute approximate surface area is 121 Å². The number of alkyl halides is 3. The van der Waals surface area contributed by atoms with Crippen LogP contribution in [0.5, 0.6) is 0 Å². The highest BCUT2D eigenvalue weighted by Crippen LogP contribution is 2.29. The number of aryl methyl sites for hydroxylation is 1. The van der Waals surface area contributed by atoms with E-state index < -0.39 is 17.9 Å². The molecule has 1 N–H and O–H groups in total. The molecule has 0 aromatic carbocycles. The van der Waals surface area contributed by atoms with Crippen LogP contribution in [-0.2, 0) is 6.42 Å². The molecule has 0 bridgehead atoms. The molecule has 0 aliphatic heterocycles. The first-order chi connectivity index (χ1) is 9.91. The van der Waals surface area contributed by atoms with Crippen molar-refractivity contribution in [3.8, 4) is 0 Å². The standard InChI is InChI=1S/C16H16F3NO/c1-2-4-12(16(17,18)19)8-10-13-9-7-11-5-3-6-14(21)15(11)20-13/h2,4,7-10,14,21H,1,3,5-6H2. The summed E-state index contributed by atoms with van der Waals surface area (Å²) in [6, 6.07) is 3.48. The molecule has 112 valence electrons. The molecule has 1 aliphatic carbocycles. The maximum absolute atomic E-state index is 12.7. The van der Waals surface area contributed by atoms with Crippen LogP contribution in [0.25, 0.3) is 6.08 Å². The van der Waals surface area contributed by atoms with Gasteiger partial charge in [0.15, 0.2) is 0 Å². The largest absolute Gasteiger partial charge is 0.416 e. The van der Waals surface area contributed by atoms with Crippen LogP contribution in [0.15, 0.2) is 42.5 Å². The van der Waals surface area contributed by atoms with E-state index in [9.17, 15) is 18.3 Å². The Bertz CT molecular complexity index is 588. The summed E-state index contributed by atoms with van der Waals surface area (Å²) < 4.78 is 38.2. The summed E-state index contributed by atoms with van der Waals surface area (Å²) in [4.78, 5) is 4.25. The molecule has 1 aromatic rings. The van der Waals surface area contributed by atoms with E-state index in [4.69, 9.17) is 0 Å². The molecule has 0 radical (unpaired) electrons. The average Bonchev–Trinajstić information content (AvgIpc) is 2.43. The fourth-order valence-corrected chi connectivity index (χ4v) is 2.28. The Balaban J connectivity index is 2.27. The van der Waals surface area contributed by atoms with Crippen LogP contribution in [0, 0.1) is 0 Å². The minimum Gasteiger partial charge on any atom is -0.387 e. The number of aliphatic hydroxyl groups excluding tert-OH is 1. The van der Waals surface area contributed by atoms with Gasteiger partial charge in [0.25, 0.3) is 0 Å². The lowest BCUT2D eigenvalue weighted by Gasteiger charge is -2.20. The fraction of sp³-hybridized carbons (Fsp3) is 0.312. The summed E-state index contributed by atoms with van der Waals surface area (Å²) in [5.74, 6) is 0. The highest BCUT2D eigenvalue weighted by Gasteiger charge is 2.31. The van der Waals surface area contributed by atoms with E-state index in [1.165, 1.54) is 6.08 Å². The number of aromatic nitrogens is 1. The van der Waals surface area contributed by atoms with E-state index in [2.05, 4.69) is 11.6 Å². The summed E-state index contributed by atoms with van der Waals surface area (Å²) in [7, 11) is 0. The lowest BCUT2D eigenvalue weighted by molar-refractivity contribution is -0.0881. The van der Waals surface area contributed by atoms with Crippen molar-refractivity contribution in [3.63, 3.8) is 0 Å². The molecule has 1 atom stereocenters. The van der Waals surface area contributed by atoms with Crippen LogP contribution in [0.1, 0.15) is 35.9 Å². The van der Waals surface area contributed by atoms with Crippen LogP contribution in [0.4, 0.5) is 13.2 Å². The number of nitrogens with zero attached hydrogens (tertiary/aromatic N) is 1. The van der Waals surface area contributed by atoms with Crippen LogP contribution in [-0.4, -0.2) is 16.3 Å². The second kappa shape index (κ2) is 6.26. The van der Waals surface area contributed by atoms with E-state index >= 15 is 0 Å². The van der Waals surface area contributed by atoms with E-state index in [0.29, 0.717) is 17.8 Å². The molecule has 0 saturated carbocycles. The van der Waals surface area contributed by atoms with Gasteiger partial charge < -0.3 is 5.11 Å². The lowest BCUT2D eigenvalue weighted by atomic mass is 9.93. The van der Waals surface area contributed by atoms with Gasteiger partial charge >= 0.3 is 6.18 Å². The number of hydrogen-bond donors (Lipinski definition) is 1. The van der Waals surface area contributed by atoms with Gasteiger partial charge in [-0.1, -0.05) is 24.8 Å². The molecule has 1 aliphatic rings. The molecule has 2 nitrogen and oxygen atoms in total. The summed E-state index contributed by atoms with van der Waals surface area (Å²) >= 11 is 0. The number of halogens is 3. The maximum Gasteiger partial charge on any atom is 0.416 e. The monoisotopic (exact) mass is 295 g/mol. The molecule has 1 unspecified atom stereocenters. The first-order valence-electron chi connectivity index (χ1n) is 6.67. The third-order valence-corrected chi connectivity index (χ3v) is 3.33. The molecule has 5 heteroatoms. The van der Waals surface area contributed by atoms with Crippen LogP contribution < -0.4 is 0 Å². The van der Waals surface area contributed by atoms with Crippen molar-refractivity contribution in [1.82, 2.24) is 4.98 Å². The van der Waals surface area contributed by atoms with Gasteiger partial charge in [-0.3, -0.25) is 4.98 Å². The molecular weight excluding hydrogens is 279 g/mol. The molecule has 1 heterocycles. The number of fused-ring (bicyclic) bond motifs is 1. The molecular formula is C16H16F3NO. The zero-order valence-corrected chi connectivity index (χ0v) is 11.4. The van der Waals surface area contributed by atoms with E-state index in [1.54, 1.807) is 6.07 Å². The molecule has 0 saturated heterocycles. The predicted molar refractivity (Wildman–Crippen MR) is 75.5 cm³/mol. The molecule has 21 heavy (non-hydrogen) atoms. The van der Waals surface area contributed by atoms with Gasteiger partial charge in [0, 0.05) is 0 Å². The maximum atomic E-state index is 12.7. The van der Waals surface area contributed by atoms with Gasteiger partial charge in [0.1, 0.15) is 0 Å². The van der Waals surface area contributed by atoms with E-state index in [-0.39, 0.29) is 0 Å². The fourth-order valence-electron chi connectivity index (χ4n) is 2.28. The third-order valence-electron chi connectivity index (χ3n) is 3.33. The number of allylic oxidation sites excluding steroid dienone is 4. The predicted octanol–water partition coefficient (Wildman–Crippen LogP) is 4.14. The Hall–Kier alpha value is -1.88. The Morgan fingerprint density at radius 2 is 2.14 bits per heavy atom. The topological polar surface area (TPSA) is 33.1 Å². The smallest absolute Gasteiger partial charge is 0.387 e. The van der Waals surface area contributed by atoms with E-state index in [0.717, 1.165) is 36.6 Å². The number of pyridine rings is 1. The quantitative estimate of drug-likeness (QED) is 0.850. The van der Waals surface area contributed by atoms with Gasteiger partial charge in [-0.2, -0.15) is 13.2 Å². The molecule has 2 rings (SSSR count). The molecule has 0 amide bonds. The van der Waals surface area contributed by atoms with Crippen LogP contribution in [0.2, 0.25) is 0 Å². The first kappa shape index (κ1) is 15.5. The molecule has 0 spiro atoms. The first-order valence-corrected chi connectivity index (χ1v) is 6.67. The second-order valence-corrected chi connectivity index (χ2v) is 4.88. The van der Waals surface area contributed by atoms with Crippen molar-refractivity contribution in [1.29, 1.82) is 0 Å². The Morgan fingerprint density at radius 1 is 1.38 bits per heavy atom. The molecule has 0 fully saturated rings. The van der Waals surface area contributed by atoms with Crippen molar-refractivity contribution < 1.29 is 18.3 Å². The zero-order chi connectivity index (χ0) is 15.5. The Kier molecular flexibility index (Phi) is 4.63. The highest BCUT2D eigenvalue weighted by molar-refractivity contribution is 5.51. The summed E-state index contributed by atoms with van der Waals surface area (Å²) in [6.07, 6.45) is 1.57. The van der Waals surface area contributed by atoms with Crippen molar-refractivity contribution in [2.24, 2.45) is 0 Å². The van der Waals surface area contributed by atoms with Crippen molar-refractivity contribution >= 4 is 6.08 Å². The van der Waals surface area contributed by atoms with Crippen molar-refractivity contribution in [2.45, 2.75) is 31.5 Å². The normalized spacial score (nSPS) is 19.6. The summed E-state index contributed by atoms with van der Waals surface area (Å²) in [5.41, 5.74) is 1.14. The number of hydrogen-bond acceptors (Lipinski definition) is 2. The summed E-state index contributed by atoms with van der Waals surface area (Å²) in [6.45, 7) is 3.28. The third kappa shape index (κ3) is 3.82. The second-order valence-electron chi connectivity index (χ2n) is 4.88. The summed E-state index contributed by atoms with van der Waals surface area (Å²) in [5, 5.41) is 9.89. The highest BCUT2D eigenvalue weighted by atomic mass is 19.4. The van der Waals surface area contributed by atoms with E-state index in [1.807, 2.05) is 6.07 Å². The van der Waals surface area contributed by atoms with Crippen LogP contribution >= 0.6 is 0 Å². The molecule has 1 aromatic heterocycles. The van der Waals surface area contributed by atoms with Gasteiger partial charge in [-0.05, 0) is 43.0 Å². The van der Waals surface area contributed by atoms with Crippen molar-refractivity contribution in [3.05, 3.63) is 59.5 Å². The zero-order valence-electron chi connectivity index (χ0n) is 11.4. The number of aliphatic hydroxyl groups is 1. The van der Waals surface area contributed by atoms with Gasteiger partial charge in [0.2, 0.25) is 0 Å². The van der Waals surface area contributed by atoms with Crippen LogP contribution in [0.3, 0.4) is 0 Å². The lowest BCUT2D eigenvalue weighted by Crippen LogP contribution is -2.12. The SMILES string of the molecule is C=CC=C(C=Cc1ccc2c(n1)C(O)CCC2)C(F)(F)F. The minimum absolute atomic E-state index is 0.397. The Morgan fingerprint density at radius 3 is 2.81 bits per heavy atom. The average molecular weight is 295 g/mol. The number of rotatable bonds is 3. The minimum atomic E-state index is -4.43. The van der Waals surface area contributed by atoms with Gasteiger partial charge in [-0.25, -0.2) is 0 Å². The van der Waals surface area contributed by atoms with Crippen molar-refractivity contribution in [2.75, 3.05) is 0 Å². The van der Waals surface area contributed by atoms with Gasteiger partial charge in [0.05, 0.1) is 23.1 Å². The van der Waals surface area contributed by atoms with Gasteiger partial charge in [-0.15, -0.1) is 0 Å².